The third kappa shape index (κ3) is 2.91. The van der Waals surface area contributed by atoms with Crippen LogP contribution in [-0.4, -0.2) is 14.9 Å². The maximum absolute atomic E-state index is 14.3. The van der Waals surface area contributed by atoms with Crippen molar-refractivity contribution in [2.45, 2.75) is 6.61 Å². The van der Waals surface area contributed by atoms with Crippen molar-refractivity contribution < 1.29 is 9.50 Å². The van der Waals surface area contributed by atoms with Gasteiger partial charge >= 0.3 is 0 Å². The minimum absolute atomic E-state index is 0.203. The van der Waals surface area contributed by atoms with Gasteiger partial charge in [0.25, 0.3) is 0 Å². The van der Waals surface area contributed by atoms with Gasteiger partial charge in [0.2, 0.25) is 0 Å². The minimum atomic E-state index is -0.343. The van der Waals surface area contributed by atoms with E-state index in [1.54, 1.807) is 29.1 Å². The van der Waals surface area contributed by atoms with Crippen molar-refractivity contribution in [1.29, 1.82) is 0 Å². The Hall–Kier alpha value is -3.24. The molecular formula is C22H17FN2O. The van der Waals surface area contributed by atoms with Crippen molar-refractivity contribution in [2.75, 3.05) is 0 Å². The van der Waals surface area contributed by atoms with E-state index >= 15 is 0 Å². The summed E-state index contributed by atoms with van der Waals surface area (Å²) in [5, 5.41) is 14.0. The second kappa shape index (κ2) is 6.94. The van der Waals surface area contributed by atoms with Gasteiger partial charge in [0.1, 0.15) is 5.82 Å². The SMILES string of the molecule is OCc1cnn(-c2ccc(-c3ccccc3)cc2)c1-c1ccccc1F. The summed E-state index contributed by atoms with van der Waals surface area (Å²) in [7, 11) is 0. The Kier molecular flexibility index (Phi) is 4.33. The molecule has 1 N–H and O–H groups in total. The molecule has 0 radical (unpaired) electrons. The summed E-state index contributed by atoms with van der Waals surface area (Å²) in [6, 6.07) is 24.5. The maximum Gasteiger partial charge on any atom is 0.132 e. The van der Waals surface area contributed by atoms with Gasteiger partial charge in [-0.1, -0.05) is 54.6 Å². The molecule has 3 aromatic carbocycles. The summed E-state index contributed by atoms with van der Waals surface area (Å²) in [6.07, 6.45) is 1.58. The van der Waals surface area contributed by atoms with E-state index in [1.165, 1.54) is 6.07 Å². The lowest BCUT2D eigenvalue weighted by molar-refractivity contribution is 0.282. The Morgan fingerprint density at radius 1 is 0.808 bits per heavy atom. The molecule has 0 fully saturated rings. The lowest BCUT2D eigenvalue weighted by Gasteiger charge is -2.11. The Labute approximate surface area is 151 Å². The van der Waals surface area contributed by atoms with E-state index in [-0.39, 0.29) is 12.4 Å². The van der Waals surface area contributed by atoms with Crippen molar-refractivity contribution in [3.05, 3.63) is 96.4 Å². The lowest BCUT2D eigenvalue weighted by atomic mass is 10.0. The molecule has 0 aliphatic rings. The Balaban J connectivity index is 1.80. The first-order chi connectivity index (χ1) is 12.8. The number of rotatable bonds is 4. The highest BCUT2D eigenvalue weighted by Crippen LogP contribution is 2.29. The minimum Gasteiger partial charge on any atom is -0.392 e. The van der Waals surface area contributed by atoms with Gasteiger partial charge in [-0.25, -0.2) is 9.07 Å². The fourth-order valence-corrected chi connectivity index (χ4v) is 3.06. The number of hydrogen-bond donors (Lipinski definition) is 1. The van der Waals surface area contributed by atoms with Crippen molar-refractivity contribution >= 4 is 0 Å². The standard InChI is InChI=1S/C22H17FN2O/c23-21-9-5-4-8-20(21)22-18(15-26)14-24-25(22)19-12-10-17(11-13-19)16-6-2-1-3-7-16/h1-14,26H,15H2. The third-order valence-electron chi connectivity index (χ3n) is 4.36. The first kappa shape index (κ1) is 16.2. The molecule has 4 heteroatoms. The summed E-state index contributed by atoms with van der Waals surface area (Å²) in [6.45, 7) is -0.203. The Morgan fingerprint density at radius 3 is 2.15 bits per heavy atom. The van der Waals surface area contributed by atoms with Crippen molar-refractivity contribution in [3.8, 4) is 28.1 Å². The highest BCUT2D eigenvalue weighted by atomic mass is 19.1. The van der Waals surface area contributed by atoms with E-state index in [2.05, 4.69) is 17.2 Å². The molecule has 0 spiro atoms. The highest BCUT2D eigenvalue weighted by Gasteiger charge is 2.17. The lowest BCUT2D eigenvalue weighted by Crippen LogP contribution is -2.01. The van der Waals surface area contributed by atoms with Gasteiger partial charge in [-0.2, -0.15) is 5.10 Å². The molecule has 26 heavy (non-hydrogen) atoms. The molecule has 0 atom stereocenters. The number of hydrogen-bond acceptors (Lipinski definition) is 2. The van der Waals surface area contributed by atoms with Crippen LogP contribution in [0, 0.1) is 5.82 Å². The number of nitrogens with zero attached hydrogens (tertiary/aromatic N) is 2. The first-order valence-electron chi connectivity index (χ1n) is 8.36. The van der Waals surface area contributed by atoms with Gasteiger partial charge in [0.05, 0.1) is 24.2 Å². The van der Waals surface area contributed by atoms with Gasteiger partial charge in [-0.3, -0.25) is 0 Å². The van der Waals surface area contributed by atoms with E-state index in [0.29, 0.717) is 16.8 Å². The van der Waals surface area contributed by atoms with E-state index < -0.39 is 0 Å². The van der Waals surface area contributed by atoms with E-state index in [9.17, 15) is 9.50 Å². The molecule has 0 aliphatic carbocycles. The van der Waals surface area contributed by atoms with Crippen LogP contribution in [0.15, 0.2) is 85.1 Å². The number of benzene rings is 3. The quantitative estimate of drug-likeness (QED) is 0.575. The molecule has 4 aromatic rings. The molecule has 0 bridgehead atoms. The fourth-order valence-electron chi connectivity index (χ4n) is 3.06. The average Bonchev–Trinajstić information content (AvgIpc) is 3.13. The summed E-state index contributed by atoms with van der Waals surface area (Å²) >= 11 is 0. The van der Waals surface area contributed by atoms with Crippen LogP contribution in [0.4, 0.5) is 4.39 Å². The predicted molar refractivity (Wildman–Crippen MR) is 100 cm³/mol. The molecule has 0 saturated carbocycles. The summed E-state index contributed by atoms with van der Waals surface area (Å²) in [5.41, 5.74) is 4.60. The Morgan fingerprint density at radius 2 is 1.46 bits per heavy atom. The molecule has 1 heterocycles. The molecule has 3 nitrogen and oxygen atoms in total. The maximum atomic E-state index is 14.3. The predicted octanol–water partition coefficient (Wildman–Crippen LogP) is 4.84. The van der Waals surface area contributed by atoms with E-state index in [1.807, 2.05) is 42.5 Å². The highest BCUT2D eigenvalue weighted by molar-refractivity contribution is 5.68. The molecule has 1 aromatic heterocycles. The summed E-state index contributed by atoms with van der Waals surface area (Å²) < 4.78 is 16.0. The number of aliphatic hydroxyl groups excluding tert-OH is 1. The second-order valence-corrected chi connectivity index (χ2v) is 5.98. The van der Waals surface area contributed by atoms with Crippen LogP contribution >= 0.6 is 0 Å². The van der Waals surface area contributed by atoms with E-state index in [4.69, 9.17) is 0 Å². The Bertz CT molecular complexity index is 1020. The topological polar surface area (TPSA) is 38.1 Å². The average molecular weight is 344 g/mol. The van der Waals surface area contributed by atoms with Gasteiger partial charge in [-0.15, -0.1) is 0 Å². The monoisotopic (exact) mass is 344 g/mol. The first-order valence-corrected chi connectivity index (χ1v) is 8.36. The van der Waals surface area contributed by atoms with Crippen molar-refractivity contribution in [3.63, 3.8) is 0 Å². The summed E-state index contributed by atoms with van der Waals surface area (Å²) in [4.78, 5) is 0. The largest absolute Gasteiger partial charge is 0.392 e. The zero-order chi connectivity index (χ0) is 17.9. The van der Waals surface area contributed by atoms with E-state index in [0.717, 1.165) is 16.8 Å². The van der Waals surface area contributed by atoms with Gasteiger partial charge < -0.3 is 5.11 Å². The van der Waals surface area contributed by atoms with Crippen LogP contribution in [-0.2, 0) is 6.61 Å². The van der Waals surface area contributed by atoms with Crippen molar-refractivity contribution in [1.82, 2.24) is 9.78 Å². The molecule has 128 valence electrons. The van der Waals surface area contributed by atoms with Crippen LogP contribution in [0.2, 0.25) is 0 Å². The molecule has 0 saturated heterocycles. The third-order valence-corrected chi connectivity index (χ3v) is 4.36. The van der Waals surface area contributed by atoms with Crippen LogP contribution < -0.4 is 0 Å². The zero-order valence-corrected chi connectivity index (χ0v) is 14.0. The van der Waals surface area contributed by atoms with Crippen LogP contribution in [0.1, 0.15) is 5.56 Å². The molecular weight excluding hydrogens is 327 g/mol. The fraction of sp³-hybridized carbons (Fsp3) is 0.0455. The normalized spacial score (nSPS) is 10.8. The van der Waals surface area contributed by atoms with Gasteiger partial charge in [-0.05, 0) is 35.4 Å². The second-order valence-electron chi connectivity index (χ2n) is 5.98. The number of aromatic nitrogens is 2. The summed E-state index contributed by atoms with van der Waals surface area (Å²) in [5.74, 6) is -0.343. The smallest absolute Gasteiger partial charge is 0.132 e. The van der Waals surface area contributed by atoms with Crippen LogP contribution in [0.3, 0.4) is 0 Å². The van der Waals surface area contributed by atoms with Crippen LogP contribution in [0.25, 0.3) is 28.1 Å². The number of halogens is 1. The van der Waals surface area contributed by atoms with Gasteiger partial charge in [0.15, 0.2) is 0 Å². The van der Waals surface area contributed by atoms with Crippen molar-refractivity contribution in [2.24, 2.45) is 0 Å². The molecule has 0 unspecified atom stereocenters. The number of aliphatic hydroxyl groups is 1. The molecule has 4 rings (SSSR count). The molecule has 0 aliphatic heterocycles. The van der Waals surface area contributed by atoms with Gasteiger partial charge in [0, 0.05) is 11.1 Å². The zero-order valence-electron chi connectivity index (χ0n) is 14.0. The molecule has 0 amide bonds. The van der Waals surface area contributed by atoms with Crippen LogP contribution in [0.5, 0.6) is 0 Å².